The maximum absolute atomic E-state index is 11.7. The van der Waals surface area contributed by atoms with Gasteiger partial charge in [0.25, 0.3) is 5.16 Å². The van der Waals surface area contributed by atoms with Crippen LogP contribution in [0.1, 0.15) is 5.56 Å². The van der Waals surface area contributed by atoms with Crippen molar-refractivity contribution in [2.45, 2.75) is 10.9 Å². The van der Waals surface area contributed by atoms with Gasteiger partial charge in [-0.2, -0.15) is 4.37 Å². The third kappa shape index (κ3) is 2.40. The van der Waals surface area contributed by atoms with E-state index in [0.717, 1.165) is 17.1 Å². The molecule has 0 aliphatic rings. The van der Waals surface area contributed by atoms with Crippen LogP contribution in [0.3, 0.4) is 0 Å². The minimum Gasteiger partial charge on any atom is -0.220 e. The average Bonchev–Trinajstić information content (AvgIpc) is 2.71. The number of nitrogens with zero attached hydrogens (tertiary/aromatic N) is 2. The van der Waals surface area contributed by atoms with Crippen molar-refractivity contribution in [3.8, 4) is 0 Å². The van der Waals surface area contributed by atoms with E-state index in [0.29, 0.717) is 0 Å². The Morgan fingerprint density at radius 2 is 1.93 bits per heavy atom. The number of aromatic nitrogens is 2. The van der Waals surface area contributed by atoms with Crippen LogP contribution < -0.4 is 0 Å². The van der Waals surface area contributed by atoms with E-state index < -0.39 is 9.84 Å². The molecular formula is C9H8N2O2S2. The molecule has 0 spiro atoms. The molecule has 0 saturated carbocycles. The average molecular weight is 240 g/mol. The molecule has 1 aromatic carbocycles. The molecule has 0 fully saturated rings. The molecule has 0 unspecified atom stereocenters. The molecule has 0 aliphatic carbocycles. The van der Waals surface area contributed by atoms with Crippen LogP contribution in [-0.4, -0.2) is 17.8 Å². The topological polar surface area (TPSA) is 59.9 Å². The standard InChI is InChI=1S/C9H8N2O2S2/c12-15(13,9-10-7-14-11-9)6-8-4-2-1-3-5-8/h1-5,7H,6H2. The van der Waals surface area contributed by atoms with E-state index in [1.165, 1.54) is 5.51 Å². The maximum Gasteiger partial charge on any atom is 0.259 e. The van der Waals surface area contributed by atoms with Gasteiger partial charge >= 0.3 is 0 Å². The third-order valence-electron chi connectivity index (χ3n) is 1.82. The van der Waals surface area contributed by atoms with Crippen molar-refractivity contribution in [1.82, 2.24) is 9.36 Å². The van der Waals surface area contributed by atoms with Gasteiger partial charge in [-0.15, -0.1) is 0 Å². The van der Waals surface area contributed by atoms with Crippen LogP contribution in [0.5, 0.6) is 0 Å². The molecule has 4 nitrogen and oxygen atoms in total. The van der Waals surface area contributed by atoms with E-state index in [-0.39, 0.29) is 10.9 Å². The van der Waals surface area contributed by atoms with Gasteiger partial charge in [0.15, 0.2) is 0 Å². The first kappa shape index (κ1) is 10.3. The highest BCUT2D eigenvalue weighted by Crippen LogP contribution is 2.12. The van der Waals surface area contributed by atoms with Crippen molar-refractivity contribution >= 4 is 21.4 Å². The fourth-order valence-electron chi connectivity index (χ4n) is 1.16. The van der Waals surface area contributed by atoms with Crippen LogP contribution in [0.4, 0.5) is 0 Å². The van der Waals surface area contributed by atoms with Crippen molar-refractivity contribution in [2.24, 2.45) is 0 Å². The van der Waals surface area contributed by atoms with Crippen molar-refractivity contribution in [3.05, 3.63) is 41.4 Å². The highest BCUT2D eigenvalue weighted by atomic mass is 32.2. The summed E-state index contributed by atoms with van der Waals surface area (Å²) in [7, 11) is -3.38. The largest absolute Gasteiger partial charge is 0.259 e. The Hall–Kier alpha value is -1.27. The minimum atomic E-state index is -3.38. The molecule has 2 rings (SSSR count). The first-order chi connectivity index (χ1) is 7.18. The number of hydrogen-bond acceptors (Lipinski definition) is 5. The summed E-state index contributed by atoms with van der Waals surface area (Å²) in [6, 6.07) is 8.99. The minimum absolute atomic E-state index is 0.0510. The lowest BCUT2D eigenvalue weighted by atomic mass is 10.2. The summed E-state index contributed by atoms with van der Waals surface area (Å²) in [6.45, 7) is 0. The molecule has 0 bridgehead atoms. The smallest absolute Gasteiger partial charge is 0.220 e. The first-order valence-electron chi connectivity index (χ1n) is 4.21. The zero-order valence-electron chi connectivity index (χ0n) is 7.70. The SMILES string of the molecule is O=S(=O)(Cc1ccccc1)c1ncsn1. The molecule has 0 amide bonds. The van der Waals surface area contributed by atoms with Gasteiger partial charge in [0.1, 0.15) is 5.51 Å². The van der Waals surface area contributed by atoms with Crippen molar-refractivity contribution in [1.29, 1.82) is 0 Å². The molecule has 0 saturated heterocycles. The molecule has 2 aromatic rings. The van der Waals surface area contributed by atoms with E-state index in [2.05, 4.69) is 9.36 Å². The van der Waals surface area contributed by atoms with Crippen molar-refractivity contribution in [3.63, 3.8) is 0 Å². The summed E-state index contributed by atoms with van der Waals surface area (Å²) in [4.78, 5) is 3.70. The van der Waals surface area contributed by atoms with E-state index in [4.69, 9.17) is 0 Å². The van der Waals surface area contributed by atoms with E-state index in [1.54, 1.807) is 24.3 Å². The Kier molecular flexibility index (Phi) is 2.79. The Balaban J connectivity index is 2.27. The highest BCUT2D eigenvalue weighted by molar-refractivity contribution is 7.90. The molecule has 15 heavy (non-hydrogen) atoms. The number of rotatable bonds is 3. The predicted octanol–water partition coefficient (Wildman–Crippen LogP) is 1.51. The zero-order chi connectivity index (χ0) is 10.7. The third-order valence-corrected chi connectivity index (χ3v) is 3.88. The van der Waals surface area contributed by atoms with Crippen molar-refractivity contribution < 1.29 is 8.42 Å². The quantitative estimate of drug-likeness (QED) is 0.816. The van der Waals surface area contributed by atoms with Crippen LogP contribution >= 0.6 is 11.5 Å². The molecule has 1 heterocycles. The number of sulfone groups is 1. The molecule has 0 atom stereocenters. The molecule has 1 aromatic heterocycles. The molecular weight excluding hydrogens is 232 g/mol. The van der Waals surface area contributed by atoms with Gasteiger partial charge in [-0.1, -0.05) is 30.3 Å². The van der Waals surface area contributed by atoms with Crippen LogP contribution in [0.15, 0.2) is 41.0 Å². The van der Waals surface area contributed by atoms with Gasteiger partial charge < -0.3 is 0 Å². The second-order valence-corrected chi connectivity index (χ2v) is 5.45. The summed E-state index contributed by atoms with van der Waals surface area (Å²) >= 11 is 1.04. The zero-order valence-corrected chi connectivity index (χ0v) is 9.33. The van der Waals surface area contributed by atoms with Gasteiger partial charge in [-0.3, -0.25) is 0 Å². The summed E-state index contributed by atoms with van der Waals surface area (Å²) in [5.74, 6) is -0.0510. The van der Waals surface area contributed by atoms with Crippen molar-refractivity contribution in [2.75, 3.05) is 0 Å². The molecule has 0 radical (unpaired) electrons. The summed E-state index contributed by atoms with van der Waals surface area (Å²) in [5, 5.41) is -0.0867. The Morgan fingerprint density at radius 1 is 1.20 bits per heavy atom. The highest BCUT2D eigenvalue weighted by Gasteiger charge is 2.18. The second-order valence-electron chi connectivity index (χ2n) is 2.96. The Labute approximate surface area is 91.7 Å². The fourth-order valence-corrected chi connectivity index (χ4v) is 3.11. The van der Waals surface area contributed by atoms with Crippen LogP contribution in [0.25, 0.3) is 0 Å². The van der Waals surface area contributed by atoms with Gasteiger partial charge in [0.2, 0.25) is 9.84 Å². The molecule has 78 valence electrons. The lowest BCUT2D eigenvalue weighted by molar-refractivity contribution is 0.588. The van der Waals surface area contributed by atoms with Gasteiger partial charge in [0, 0.05) is 0 Å². The first-order valence-corrected chi connectivity index (χ1v) is 6.70. The second kappa shape index (κ2) is 4.08. The Bertz CT molecular complexity index is 521. The summed E-state index contributed by atoms with van der Waals surface area (Å²) in [6.07, 6.45) is 0. The summed E-state index contributed by atoms with van der Waals surface area (Å²) < 4.78 is 27.2. The number of benzene rings is 1. The monoisotopic (exact) mass is 240 g/mol. The lowest BCUT2D eigenvalue weighted by Gasteiger charge is -1.99. The normalized spacial score (nSPS) is 11.5. The molecule has 0 aliphatic heterocycles. The van der Waals surface area contributed by atoms with E-state index in [9.17, 15) is 8.42 Å². The Morgan fingerprint density at radius 3 is 2.53 bits per heavy atom. The van der Waals surface area contributed by atoms with E-state index >= 15 is 0 Å². The number of hydrogen-bond donors (Lipinski definition) is 0. The summed E-state index contributed by atoms with van der Waals surface area (Å²) in [5.41, 5.74) is 2.16. The van der Waals surface area contributed by atoms with Crippen LogP contribution in [-0.2, 0) is 15.6 Å². The molecule has 0 N–H and O–H groups in total. The van der Waals surface area contributed by atoms with Crippen LogP contribution in [0.2, 0.25) is 0 Å². The van der Waals surface area contributed by atoms with Crippen LogP contribution in [0, 0.1) is 0 Å². The van der Waals surface area contributed by atoms with Gasteiger partial charge in [-0.25, -0.2) is 13.4 Å². The van der Waals surface area contributed by atoms with Gasteiger partial charge in [0.05, 0.1) is 5.75 Å². The fraction of sp³-hybridized carbons (Fsp3) is 0.111. The maximum atomic E-state index is 11.7. The lowest BCUT2D eigenvalue weighted by Crippen LogP contribution is -2.06. The predicted molar refractivity (Wildman–Crippen MR) is 57.2 cm³/mol. The van der Waals surface area contributed by atoms with Gasteiger partial charge in [-0.05, 0) is 17.1 Å². The molecule has 6 heteroatoms. The van der Waals surface area contributed by atoms with E-state index in [1.807, 2.05) is 6.07 Å².